The largest absolute Gasteiger partial charge is 0.417 e. The van der Waals surface area contributed by atoms with Crippen LogP contribution in [-0.2, 0) is 6.18 Å². The highest BCUT2D eigenvalue weighted by Gasteiger charge is 2.34. The maximum atomic E-state index is 13.0. The van der Waals surface area contributed by atoms with Crippen molar-refractivity contribution in [3.8, 4) is 11.3 Å². The first-order valence-electron chi connectivity index (χ1n) is 5.49. The third-order valence-electron chi connectivity index (χ3n) is 2.80. The van der Waals surface area contributed by atoms with E-state index in [-0.39, 0.29) is 17.1 Å². The van der Waals surface area contributed by atoms with E-state index in [4.69, 9.17) is 5.73 Å². The summed E-state index contributed by atoms with van der Waals surface area (Å²) >= 11 is 1.26. The van der Waals surface area contributed by atoms with Crippen LogP contribution in [0.3, 0.4) is 0 Å². The van der Waals surface area contributed by atoms with Gasteiger partial charge in [-0.3, -0.25) is 4.98 Å². The molecule has 4 nitrogen and oxygen atoms in total. The summed E-state index contributed by atoms with van der Waals surface area (Å²) in [5.74, 6) is 0.197. The molecule has 3 heterocycles. The fraction of sp³-hybridized carbons (Fsp3) is 0.0833. The molecule has 3 aromatic rings. The van der Waals surface area contributed by atoms with Gasteiger partial charge in [-0.05, 0) is 17.5 Å². The molecule has 0 aliphatic heterocycles. The van der Waals surface area contributed by atoms with Crippen molar-refractivity contribution >= 4 is 27.2 Å². The number of fused-ring (bicyclic) bond motifs is 1. The molecule has 102 valence electrons. The second-order valence-electron chi connectivity index (χ2n) is 4.02. The molecule has 0 fully saturated rings. The minimum absolute atomic E-state index is 0.0973. The van der Waals surface area contributed by atoms with E-state index in [9.17, 15) is 13.2 Å². The van der Waals surface area contributed by atoms with Gasteiger partial charge in [-0.15, -0.1) is 21.5 Å². The van der Waals surface area contributed by atoms with Gasteiger partial charge in [0.25, 0.3) is 0 Å². The zero-order valence-corrected chi connectivity index (χ0v) is 10.7. The molecule has 0 atom stereocenters. The van der Waals surface area contributed by atoms with E-state index in [1.165, 1.54) is 11.3 Å². The smallest absolute Gasteiger partial charge is 0.382 e. The summed E-state index contributed by atoms with van der Waals surface area (Å²) < 4.78 is 39.7. The first-order chi connectivity index (χ1) is 9.48. The van der Waals surface area contributed by atoms with Gasteiger partial charge in [0.15, 0.2) is 5.82 Å². The van der Waals surface area contributed by atoms with Crippen molar-refractivity contribution in [3.05, 3.63) is 35.5 Å². The molecule has 0 aromatic carbocycles. The highest BCUT2D eigenvalue weighted by Crippen LogP contribution is 2.39. The first-order valence-corrected chi connectivity index (χ1v) is 6.37. The highest BCUT2D eigenvalue weighted by molar-refractivity contribution is 7.17. The second-order valence-corrected chi connectivity index (χ2v) is 4.93. The number of halogens is 3. The summed E-state index contributed by atoms with van der Waals surface area (Å²) in [7, 11) is 0. The minimum Gasteiger partial charge on any atom is -0.382 e. The van der Waals surface area contributed by atoms with Gasteiger partial charge in [0, 0.05) is 23.3 Å². The van der Waals surface area contributed by atoms with Crippen LogP contribution >= 0.6 is 11.3 Å². The van der Waals surface area contributed by atoms with Crippen LogP contribution in [0.2, 0.25) is 0 Å². The van der Waals surface area contributed by atoms with Gasteiger partial charge in [-0.25, -0.2) is 0 Å². The monoisotopic (exact) mass is 296 g/mol. The molecule has 0 saturated carbocycles. The van der Waals surface area contributed by atoms with E-state index in [0.29, 0.717) is 10.1 Å². The van der Waals surface area contributed by atoms with Gasteiger partial charge in [-0.1, -0.05) is 0 Å². The van der Waals surface area contributed by atoms with Crippen molar-refractivity contribution in [2.75, 3.05) is 5.73 Å². The van der Waals surface area contributed by atoms with E-state index < -0.39 is 11.7 Å². The molecule has 8 heteroatoms. The normalized spacial score (nSPS) is 11.9. The lowest BCUT2D eigenvalue weighted by Gasteiger charge is -2.11. The Morgan fingerprint density at radius 3 is 2.70 bits per heavy atom. The average Bonchev–Trinajstić information content (AvgIpc) is 2.88. The molecule has 0 aliphatic carbocycles. The van der Waals surface area contributed by atoms with Gasteiger partial charge in [0.2, 0.25) is 0 Å². The topological polar surface area (TPSA) is 64.7 Å². The fourth-order valence-corrected chi connectivity index (χ4v) is 2.81. The standard InChI is InChI=1S/C12H7F3N4S/c13-12(14,15)8-1-3-17-5-7(8)9-10-6(2-4-20-10)11(16)19-18-9/h1-5H,(H2,16,19). The number of pyridine rings is 1. The lowest BCUT2D eigenvalue weighted by molar-refractivity contribution is -0.137. The molecule has 0 saturated heterocycles. The van der Waals surface area contributed by atoms with Gasteiger partial charge >= 0.3 is 6.18 Å². The molecular formula is C12H7F3N4S. The van der Waals surface area contributed by atoms with Gasteiger partial charge < -0.3 is 5.73 Å². The van der Waals surface area contributed by atoms with Crippen molar-refractivity contribution in [2.24, 2.45) is 0 Å². The quantitative estimate of drug-likeness (QED) is 0.748. The molecule has 0 amide bonds. The maximum Gasteiger partial charge on any atom is 0.417 e. The third-order valence-corrected chi connectivity index (χ3v) is 3.72. The Kier molecular flexibility index (Phi) is 2.82. The molecule has 0 unspecified atom stereocenters. The van der Waals surface area contributed by atoms with Crippen molar-refractivity contribution in [1.82, 2.24) is 15.2 Å². The summed E-state index contributed by atoms with van der Waals surface area (Å²) in [6.07, 6.45) is -2.24. The molecule has 3 rings (SSSR count). The summed E-state index contributed by atoms with van der Waals surface area (Å²) in [6, 6.07) is 2.63. The molecule has 0 bridgehead atoms. The summed E-state index contributed by atoms with van der Waals surface area (Å²) in [5.41, 5.74) is 4.92. The van der Waals surface area contributed by atoms with Gasteiger partial charge in [0.1, 0.15) is 5.69 Å². The Morgan fingerprint density at radius 1 is 1.15 bits per heavy atom. The predicted octanol–water partition coefficient (Wildman–Crippen LogP) is 3.35. The lowest BCUT2D eigenvalue weighted by Crippen LogP contribution is -2.08. The SMILES string of the molecule is Nc1nnc(-c2cnccc2C(F)(F)F)c2sccc12. The van der Waals surface area contributed by atoms with Crippen LogP contribution < -0.4 is 5.73 Å². The van der Waals surface area contributed by atoms with E-state index in [1.54, 1.807) is 11.4 Å². The Morgan fingerprint density at radius 2 is 1.95 bits per heavy atom. The maximum absolute atomic E-state index is 13.0. The second kappa shape index (κ2) is 4.41. The summed E-state index contributed by atoms with van der Waals surface area (Å²) in [4.78, 5) is 3.75. The van der Waals surface area contributed by atoms with Crippen molar-refractivity contribution in [2.45, 2.75) is 6.18 Å². The number of nitrogens with zero attached hydrogens (tertiary/aromatic N) is 3. The zero-order chi connectivity index (χ0) is 14.3. The highest BCUT2D eigenvalue weighted by atomic mass is 32.1. The number of alkyl halides is 3. The van der Waals surface area contributed by atoms with Crippen LogP contribution in [-0.4, -0.2) is 15.2 Å². The molecule has 0 radical (unpaired) electrons. The molecule has 20 heavy (non-hydrogen) atoms. The molecule has 3 aromatic heterocycles. The number of rotatable bonds is 1. The number of nitrogen functional groups attached to an aromatic ring is 1. The van der Waals surface area contributed by atoms with Crippen LogP contribution in [0.1, 0.15) is 5.56 Å². The number of anilines is 1. The van der Waals surface area contributed by atoms with Crippen LogP contribution in [0.15, 0.2) is 29.9 Å². The molecule has 0 aliphatic rings. The number of hydrogen-bond donors (Lipinski definition) is 1. The van der Waals surface area contributed by atoms with Crippen LogP contribution in [0, 0.1) is 0 Å². The summed E-state index contributed by atoms with van der Waals surface area (Å²) in [6.45, 7) is 0. The average molecular weight is 296 g/mol. The van der Waals surface area contributed by atoms with Crippen LogP contribution in [0.4, 0.5) is 19.0 Å². The Hall–Kier alpha value is -2.22. The van der Waals surface area contributed by atoms with Gasteiger partial charge in [0.05, 0.1) is 10.3 Å². The van der Waals surface area contributed by atoms with Gasteiger partial charge in [-0.2, -0.15) is 13.2 Å². The minimum atomic E-state index is -4.48. The molecule has 2 N–H and O–H groups in total. The Labute approximate surface area is 115 Å². The Balaban J connectivity index is 2.32. The molecule has 0 spiro atoms. The predicted molar refractivity (Wildman–Crippen MR) is 70.1 cm³/mol. The summed E-state index contributed by atoms with van der Waals surface area (Å²) in [5, 5.41) is 9.86. The number of thiophene rings is 1. The Bertz CT molecular complexity index is 782. The fourth-order valence-electron chi connectivity index (χ4n) is 1.90. The van der Waals surface area contributed by atoms with E-state index in [1.807, 2.05) is 0 Å². The third kappa shape index (κ3) is 1.97. The van der Waals surface area contributed by atoms with Crippen LogP contribution in [0.25, 0.3) is 21.3 Å². The first kappa shape index (κ1) is 12.8. The van der Waals surface area contributed by atoms with Crippen molar-refractivity contribution < 1.29 is 13.2 Å². The zero-order valence-electron chi connectivity index (χ0n) is 9.85. The number of aromatic nitrogens is 3. The van der Waals surface area contributed by atoms with Crippen LogP contribution in [0.5, 0.6) is 0 Å². The van der Waals surface area contributed by atoms with Crippen molar-refractivity contribution in [3.63, 3.8) is 0 Å². The van der Waals surface area contributed by atoms with E-state index in [2.05, 4.69) is 15.2 Å². The lowest BCUT2D eigenvalue weighted by atomic mass is 10.1. The number of nitrogens with two attached hydrogens (primary N) is 1. The van der Waals surface area contributed by atoms with Crippen molar-refractivity contribution in [1.29, 1.82) is 0 Å². The molecular weight excluding hydrogens is 289 g/mol. The van der Waals surface area contributed by atoms with E-state index in [0.717, 1.165) is 18.5 Å². The number of hydrogen-bond acceptors (Lipinski definition) is 5. The van der Waals surface area contributed by atoms with E-state index >= 15 is 0 Å².